The Labute approximate surface area is 178 Å². The summed E-state index contributed by atoms with van der Waals surface area (Å²) < 4.78 is 5.56. The van der Waals surface area contributed by atoms with Gasteiger partial charge in [0, 0.05) is 50.5 Å². The molecule has 0 radical (unpaired) electrons. The monoisotopic (exact) mass is 408 g/mol. The lowest BCUT2D eigenvalue weighted by molar-refractivity contribution is -0.142. The Morgan fingerprint density at radius 2 is 1.90 bits per heavy atom. The van der Waals surface area contributed by atoms with Gasteiger partial charge in [0.25, 0.3) is 0 Å². The molecule has 0 N–H and O–H groups in total. The van der Waals surface area contributed by atoms with Crippen molar-refractivity contribution in [3.8, 4) is 0 Å². The van der Waals surface area contributed by atoms with Crippen LogP contribution in [0.4, 0.5) is 0 Å². The van der Waals surface area contributed by atoms with Crippen LogP contribution in [0.1, 0.15) is 37.5 Å². The van der Waals surface area contributed by atoms with Gasteiger partial charge in [-0.05, 0) is 63.0 Å². The molecule has 6 heteroatoms. The first-order chi connectivity index (χ1) is 14.6. The van der Waals surface area contributed by atoms with Gasteiger partial charge < -0.3 is 9.32 Å². The van der Waals surface area contributed by atoms with Crippen molar-refractivity contribution in [1.82, 2.24) is 19.7 Å². The SMILES string of the molecule is CCN1CC[C@@]2(CN(Cc3cccnc3)CC23CCN(Cc2ccco2)CC3)C1=O. The van der Waals surface area contributed by atoms with Crippen LogP contribution in [-0.4, -0.2) is 64.9 Å². The van der Waals surface area contributed by atoms with E-state index >= 15 is 0 Å². The molecule has 0 unspecified atom stereocenters. The summed E-state index contributed by atoms with van der Waals surface area (Å²) in [6, 6.07) is 8.16. The van der Waals surface area contributed by atoms with Crippen molar-refractivity contribution >= 4 is 5.91 Å². The number of amides is 1. The highest BCUT2D eigenvalue weighted by molar-refractivity contribution is 5.86. The zero-order chi connectivity index (χ0) is 20.6. The number of carbonyl (C=O) groups is 1. The highest BCUT2D eigenvalue weighted by Crippen LogP contribution is 2.58. The molecule has 2 aromatic heterocycles. The van der Waals surface area contributed by atoms with E-state index in [2.05, 4.69) is 38.7 Å². The second kappa shape index (κ2) is 7.82. The van der Waals surface area contributed by atoms with Gasteiger partial charge in [-0.3, -0.25) is 19.6 Å². The number of aromatic nitrogens is 1. The van der Waals surface area contributed by atoms with E-state index in [9.17, 15) is 4.79 Å². The Morgan fingerprint density at radius 1 is 1.03 bits per heavy atom. The summed E-state index contributed by atoms with van der Waals surface area (Å²) in [6.45, 7) is 9.55. The lowest BCUT2D eigenvalue weighted by Gasteiger charge is -2.47. The fourth-order valence-corrected chi connectivity index (χ4v) is 6.22. The molecule has 30 heavy (non-hydrogen) atoms. The van der Waals surface area contributed by atoms with Crippen LogP contribution in [0.15, 0.2) is 47.3 Å². The van der Waals surface area contributed by atoms with E-state index in [1.54, 1.807) is 6.26 Å². The van der Waals surface area contributed by atoms with Crippen molar-refractivity contribution < 1.29 is 9.21 Å². The second-order valence-corrected chi connectivity index (χ2v) is 9.36. The highest BCUT2D eigenvalue weighted by atomic mass is 16.3. The quantitative estimate of drug-likeness (QED) is 0.761. The van der Waals surface area contributed by atoms with E-state index < -0.39 is 0 Å². The number of piperidine rings is 1. The van der Waals surface area contributed by atoms with Gasteiger partial charge in [-0.25, -0.2) is 0 Å². The average molecular weight is 409 g/mol. The zero-order valence-corrected chi connectivity index (χ0v) is 17.9. The Balaban J connectivity index is 1.36. The molecule has 2 aromatic rings. The largest absolute Gasteiger partial charge is 0.468 e. The minimum Gasteiger partial charge on any atom is -0.468 e. The summed E-state index contributed by atoms with van der Waals surface area (Å²) in [7, 11) is 0. The standard InChI is InChI=1S/C24H32N4O2/c1-2-28-13-9-24(22(28)29)19-27(16-20-5-3-10-25-15-20)18-23(24)7-11-26(12-8-23)17-21-6-4-14-30-21/h3-6,10,14-15H,2,7-9,11-13,16-19H2,1H3/t24-/m1/s1. The third kappa shape index (κ3) is 3.26. The molecule has 3 fully saturated rings. The first-order valence-corrected chi connectivity index (χ1v) is 11.3. The lowest BCUT2D eigenvalue weighted by Crippen LogP contribution is -2.52. The van der Waals surface area contributed by atoms with Gasteiger partial charge in [-0.15, -0.1) is 0 Å². The van der Waals surface area contributed by atoms with Crippen molar-refractivity contribution in [1.29, 1.82) is 0 Å². The van der Waals surface area contributed by atoms with Crippen LogP contribution in [0, 0.1) is 10.8 Å². The molecule has 3 aliphatic heterocycles. The number of carbonyl (C=O) groups excluding carboxylic acids is 1. The van der Waals surface area contributed by atoms with E-state index in [0.29, 0.717) is 5.91 Å². The molecular weight excluding hydrogens is 376 g/mol. The maximum Gasteiger partial charge on any atom is 0.230 e. The predicted octanol–water partition coefficient (Wildman–Crippen LogP) is 3.01. The molecule has 2 spiro atoms. The number of fused-ring (bicyclic) bond motifs is 1. The summed E-state index contributed by atoms with van der Waals surface area (Å²) in [4.78, 5) is 25.0. The van der Waals surface area contributed by atoms with E-state index in [0.717, 1.165) is 77.4 Å². The third-order valence-electron chi connectivity index (χ3n) is 7.82. The molecule has 3 saturated heterocycles. The fourth-order valence-electron chi connectivity index (χ4n) is 6.22. The van der Waals surface area contributed by atoms with Gasteiger partial charge in [0.1, 0.15) is 5.76 Å². The van der Waals surface area contributed by atoms with Crippen LogP contribution in [0.5, 0.6) is 0 Å². The Hall–Kier alpha value is -2.18. The molecule has 5 rings (SSSR count). The van der Waals surface area contributed by atoms with Crippen LogP contribution >= 0.6 is 0 Å². The molecule has 0 saturated carbocycles. The number of furan rings is 1. The Morgan fingerprint density at radius 3 is 2.57 bits per heavy atom. The highest BCUT2D eigenvalue weighted by Gasteiger charge is 2.64. The Bertz CT molecular complexity index is 861. The Kier molecular flexibility index (Phi) is 5.15. The molecule has 3 aliphatic rings. The van der Waals surface area contributed by atoms with E-state index in [1.165, 1.54) is 5.56 Å². The van der Waals surface area contributed by atoms with Crippen molar-refractivity contribution in [3.05, 3.63) is 54.2 Å². The molecule has 6 nitrogen and oxygen atoms in total. The molecule has 0 aromatic carbocycles. The number of hydrogen-bond donors (Lipinski definition) is 0. The average Bonchev–Trinajstić information content (AvgIpc) is 3.46. The second-order valence-electron chi connectivity index (χ2n) is 9.36. The van der Waals surface area contributed by atoms with Crippen molar-refractivity contribution in [2.24, 2.45) is 10.8 Å². The smallest absolute Gasteiger partial charge is 0.230 e. The van der Waals surface area contributed by atoms with Gasteiger partial charge in [0.15, 0.2) is 0 Å². The van der Waals surface area contributed by atoms with Gasteiger partial charge >= 0.3 is 0 Å². The van der Waals surface area contributed by atoms with Gasteiger partial charge in [0.2, 0.25) is 5.91 Å². The molecule has 5 heterocycles. The van der Waals surface area contributed by atoms with Crippen LogP contribution in [-0.2, 0) is 17.9 Å². The number of nitrogens with zero attached hydrogens (tertiary/aromatic N) is 4. The topological polar surface area (TPSA) is 52.8 Å². The van der Waals surface area contributed by atoms with Crippen molar-refractivity contribution in [2.45, 2.75) is 39.3 Å². The summed E-state index contributed by atoms with van der Waals surface area (Å²) in [5.74, 6) is 1.43. The number of hydrogen-bond acceptors (Lipinski definition) is 5. The normalized spacial score (nSPS) is 27.0. The number of pyridine rings is 1. The summed E-state index contributed by atoms with van der Waals surface area (Å²) in [6.07, 6.45) is 8.70. The molecule has 1 atom stereocenters. The number of likely N-dealkylation sites (tertiary alicyclic amines) is 3. The maximum absolute atomic E-state index is 13.6. The molecule has 160 valence electrons. The van der Waals surface area contributed by atoms with Crippen molar-refractivity contribution in [3.63, 3.8) is 0 Å². The van der Waals surface area contributed by atoms with Gasteiger partial charge in [-0.2, -0.15) is 0 Å². The van der Waals surface area contributed by atoms with Crippen LogP contribution < -0.4 is 0 Å². The summed E-state index contributed by atoms with van der Waals surface area (Å²) in [5.41, 5.74) is 1.09. The molecule has 0 aliphatic carbocycles. The predicted molar refractivity (Wildman–Crippen MR) is 114 cm³/mol. The minimum atomic E-state index is -0.220. The van der Waals surface area contributed by atoms with E-state index in [4.69, 9.17) is 4.42 Å². The van der Waals surface area contributed by atoms with Gasteiger partial charge in [-0.1, -0.05) is 6.07 Å². The van der Waals surface area contributed by atoms with Crippen molar-refractivity contribution in [2.75, 3.05) is 39.3 Å². The maximum atomic E-state index is 13.6. The fraction of sp³-hybridized carbons (Fsp3) is 0.583. The molecule has 1 amide bonds. The van der Waals surface area contributed by atoms with E-state index in [1.807, 2.05) is 24.5 Å². The van der Waals surface area contributed by atoms with Crippen LogP contribution in [0.25, 0.3) is 0 Å². The van der Waals surface area contributed by atoms with Gasteiger partial charge in [0.05, 0.1) is 18.2 Å². The summed E-state index contributed by atoms with van der Waals surface area (Å²) >= 11 is 0. The lowest BCUT2D eigenvalue weighted by atomic mass is 9.60. The zero-order valence-electron chi connectivity index (χ0n) is 17.9. The minimum absolute atomic E-state index is 0.0792. The summed E-state index contributed by atoms with van der Waals surface area (Å²) in [5, 5.41) is 0. The van der Waals surface area contributed by atoms with Crippen LogP contribution in [0.3, 0.4) is 0 Å². The molecule has 0 bridgehead atoms. The molecular formula is C24H32N4O2. The third-order valence-corrected chi connectivity index (χ3v) is 7.82. The first-order valence-electron chi connectivity index (χ1n) is 11.3. The van der Waals surface area contributed by atoms with Crippen LogP contribution in [0.2, 0.25) is 0 Å². The number of rotatable bonds is 5. The van der Waals surface area contributed by atoms with E-state index in [-0.39, 0.29) is 10.8 Å². The first kappa shape index (κ1) is 19.8.